The summed E-state index contributed by atoms with van der Waals surface area (Å²) < 4.78 is 0. The van der Waals surface area contributed by atoms with E-state index in [9.17, 15) is 5.11 Å². The van der Waals surface area contributed by atoms with E-state index in [-0.39, 0.29) is 0 Å². The van der Waals surface area contributed by atoms with Crippen LogP contribution in [0.15, 0.2) is 24.3 Å². The van der Waals surface area contributed by atoms with Crippen LogP contribution in [-0.4, -0.2) is 28.7 Å². The second-order valence-electron chi connectivity index (χ2n) is 4.90. The summed E-state index contributed by atoms with van der Waals surface area (Å²) in [6.45, 7) is 4.81. The van der Waals surface area contributed by atoms with Crippen LogP contribution in [-0.2, 0) is 6.54 Å². The van der Waals surface area contributed by atoms with Crippen molar-refractivity contribution in [3.8, 4) is 0 Å². The number of nitrogens with zero attached hydrogens (tertiary/aromatic N) is 1. The summed E-state index contributed by atoms with van der Waals surface area (Å²) >= 11 is 5.85. The zero-order valence-corrected chi connectivity index (χ0v) is 10.4. The van der Waals surface area contributed by atoms with Crippen LogP contribution in [0.25, 0.3) is 0 Å². The number of hydrogen-bond acceptors (Lipinski definition) is 2. The predicted molar refractivity (Wildman–Crippen MR) is 66.6 cm³/mol. The first-order chi connectivity index (χ1) is 7.55. The van der Waals surface area contributed by atoms with Crippen molar-refractivity contribution in [1.82, 2.24) is 4.90 Å². The normalized spacial score (nSPS) is 20.9. The van der Waals surface area contributed by atoms with Gasteiger partial charge in [0.05, 0.1) is 5.60 Å². The highest BCUT2D eigenvalue weighted by Gasteiger charge is 2.26. The zero-order valence-electron chi connectivity index (χ0n) is 9.62. The van der Waals surface area contributed by atoms with Gasteiger partial charge in [-0.05, 0) is 37.5 Å². The largest absolute Gasteiger partial charge is 0.390 e. The standard InChI is InChI=1S/C13H18ClNO/c1-13(16)6-8-15(9-7-13)10-11-2-4-12(14)5-3-11/h2-5,16H,6-10H2,1H3. The fraction of sp³-hybridized carbons (Fsp3) is 0.538. The summed E-state index contributed by atoms with van der Waals surface area (Å²) in [5, 5.41) is 10.6. The Morgan fingerprint density at radius 3 is 2.38 bits per heavy atom. The smallest absolute Gasteiger partial charge is 0.0644 e. The zero-order chi connectivity index (χ0) is 11.6. The maximum atomic E-state index is 9.85. The number of piperidine rings is 1. The summed E-state index contributed by atoms with van der Waals surface area (Å²) in [5.41, 5.74) is 0.821. The molecule has 0 amide bonds. The van der Waals surface area contributed by atoms with E-state index in [0.29, 0.717) is 0 Å². The molecule has 3 heteroatoms. The van der Waals surface area contributed by atoms with Crippen molar-refractivity contribution in [2.24, 2.45) is 0 Å². The molecule has 2 nitrogen and oxygen atoms in total. The van der Waals surface area contributed by atoms with E-state index in [1.54, 1.807) is 0 Å². The topological polar surface area (TPSA) is 23.5 Å². The Bertz CT molecular complexity index is 337. The van der Waals surface area contributed by atoms with Crippen LogP contribution in [0.4, 0.5) is 0 Å². The van der Waals surface area contributed by atoms with Crippen molar-refractivity contribution >= 4 is 11.6 Å². The van der Waals surface area contributed by atoms with Crippen molar-refractivity contribution in [1.29, 1.82) is 0 Å². The summed E-state index contributed by atoms with van der Waals surface area (Å²) in [6, 6.07) is 7.98. The minimum atomic E-state index is -0.462. The molecule has 1 aromatic carbocycles. The maximum absolute atomic E-state index is 9.85. The maximum Gasteiger partial charge on any atom is 0.0644 e. The van der Waals surface area contributed by atoms with E-state index in [0.717, 1.165) is 37.5 Å². The van der Waals surface area contributed by atoms with Crippen LogP contribution in [0.2, 0.25) is 5.02 Å². The molecule has 0 bridgehead atoms. The van der Waals surface area contributed by atoms with Crippen LogP contribution in [0.1, 0.15) is 25.3 Å². The average Bonchev–Trinajstić information content (AvgIpc) is 2.24. The van der Waals surface area contributed by atoms with Gasteiger partial charge in [0.2, 0.25) is 0 Å². The molecule has 1 aromatic rings. The fourth-order valence-electron chi connectivity index (χ4n) is 2.04. The van der Waals surface area contributed by atoms with Gasteiger partial charge in [0.25, 0.3) is 0 Å². The minimum Gasteiger partial charge on any atom is -0.390 e. The third-order valence-corrected chi connectivity index (χ3v) is 3.50. The Labute approximate surface area is 102 Å². The van der Waals surface area contributed by atoms with Gasteiger partial charge >= 0.3 is 0 Å². The molecule has 2 rings (SSSR count). The first-order valence-electron chi connectivity index (χ1n) is 5.74. The van der Waals surface area contributed by atoms with Gasteiger partial charge in [0, 0.05) is 24.7 Å². The van der Waals surface area contributed by atoms with E-state index in [2.05, 4.69) is 17.0 Å². The lowest BCUT2D eigenvalue weighted by Crippen LogP contribution is -2.41. The minimum absolute atomic E-state index is 0.462. The monoisotopic (exact) mass is 239 g/mol. The second-order valence-corrected chi connectivity index (χ2v) is 5.34. The van der Waals surface area contributed by atoms with Crippen molar-refractivity contribution in [2.45, 2.75) is 31.9 Å². The summed E-state index contributed by atoms with van der Waals surface area (Å²) in [7, 11) is 0. The number of aliphatic hydroxyl groups is 1. The van der Waals surface area contributed by atoms with Crippen molar-refractivity contribution in [3.63, 3.8) is 0 Å². The third-order valence-electron chi connectivity index (χ3n) is 3.25. The Hall–Kier alpha value is -0.570. The van der Waals surface area contributed by atoms with Gasteiger partial charge in [-0.25, -0.2) is 0 Å². The Balaban J connectivity index is 1.89. The molecule has 1 aliphatic heterocycles. The van der Waals surface area contributed by atoms with E-state index in [1.807, 2.05) is 19.1 Å². The molecule has 0 saturated carbocycles. The number of rotatable bonds is 2. The first-order valence-corrected chi connectivity index (χ1v) is 6.12. The quantitative estimate of drug-likeness (QED) is 0.858. The second kappa shape index (κ2) is 4.74. The molecule has 16 heavy (non-hydrogen) atoms. The van der Waals surface area contributed by atoms with Crippen LogP contribution in [0.3, 0.4) is 0 Å². The summed E-state index contributed by atoms with van der Waals surface area (Å²) in [6.07, 6.45) is 1.72. The molecule has 1 N–H and O–H groups in total. The van der Waals surface area contributed by atoms with Crippen molar-refractivity contribution in [3.05, 3.63) is 34.9 Å². The average molecular weight is 240 g/mol. The Morgan fingerprint density at radius 1 is 1.25 bits per heavy atom. The number of benzene rings is 1. The molecule has 0 unspecified atom stereocenters. The lowest BCUT2D eigenvalue weighted by atomic mass is 9.93. The first kappa shape index (κ1) is 11.9. The fourth-order valence-corrected chi connectivity index (χ4v) is 2.17. The molecule has 1 aliphatic rings. The Kier molecular flexibility index (Phi) is 3.53. The van der Waals surface area contributed by atoms with E-state index in [4.69, 9.17) is 11.6 Å². The SMILES string of the molecule is CC1(O)CCN(Cc2ccc(Cl)cc2)CC1. The molecule has 0 atom stereocenters. The third kappa shape index (κ3) is 3.21. The molecule has 88 valence electrons. The highest BCUT2D eigenvalue weighted by atomic mass is 35.5. The number of likely N-dealkylation sites (tertiary alicyclic amines) is 1. The lowest BCUT2D eigenvalue weighted by molar-refractivity contribution is -0.00729. The van der Waals surface area contributed by atoms with Crippen LogP contribution < -0.4 is 0 Å². The van der Waals surface area contributed by atoms with Crippen molar-refractivity contribution < 1.29 is 5.11 Å². The van der Waals surface area contributed by atoms with Crippen LogP contribution >= 0.6 is 11.6 Å². The lowest BCUT2D eigenvalue weighted by Gasteiger charge is -2.35. The predicted octanol–water partition coefficient (Wildman–Crippen LogP) is 2.69. The van der Waals surface area contributed by atoms with Gasteiger partial charge in [-0.2, -0.15) is 0 Å². The molecule has 1 fully saturated rings. The molecule has 0 spiro atoms. The van der Waals surface area contributed by atoms with Crippen molar-refractivity contribution in [2.75, 3.05) is 13.1 Å². The number of halogens is 1. The molecule has 0 aromatic heterocycles. The molecule has 0 radical (unpaired) electrons. The van der Waals surface area contributed by atoms with Gasteiger partial charge in [0.1, 0.15) is 0 Å². The van der Waals surface area contributed by atoms with Gasteiger partial charge in [-0.1, -0.05) is 23.7 Å². The molecule has 1 saturated heterocycles. The van der Waals surface area contributed by atoms with E-state index >= 15 is 0 Å². The van der Waals surface area contributed by atoms with Crippen LogP contribution in [0.5, 0.6) is 0 Å². The van der Waals surface area contributed by atoms with Gasteiger partial charge in [0.15, 0.2) is 0 Å². The van der Waals surface area contributed by atoms with E-state index < -0.39 is 5.60 Å². The molecular weight excluding hydrogens is 222 g/mol. The highest BCUT2D eigenvalue weighted by molar-refractivity contribution is 6.30. The van der Waals surface area contributed by atoms with E-state index in [1.165, 1.54) is 5.56 Å². The summed E-state index contributed by atoms with van der Waals surface area (Å²) in [5.74, 6) is 0. The molecule has 0 aliphatic carbocycles. The Morgan fingerprint density at radius 2 is 1.81 bits per heavy atom. The number of hydrogen-bond donors (Lipinski definition) is 1. The van der Waals surface area contributed by atoms with Gasteiger partial charge < -0.3 is 5.11 Å². The van der Waals surface area contributed by atoms with Gasteiger partial charge in [-0.15, -0.1) is 0 Å². The molecular formula is C13H18ClNO. The highest BCUT2D eigenvalue weighted by Crippen LogP contribution is 2.22. The van der Waals surface area contributed by atoms with Gasteiger partial charge in [-0.3, -0.25) is 4.90 Å². The molecule has 1 heterocycles. The summed E-state index contributed by atoms with van der Waals surface area (Å²) in [4.78, 5) is 2.38. The van der Waals surface area contributed by atoms with Crippen LogP contribution in [0, 0.1) is 0 Å².